The minimum absolute atomic E-state index is 0.00376. The van der Waals surface area contributed by atoms with Crippen LogP contribution in [0.15, 0.2) is 48.5 Å². The Balaban J connectivity index is 1.91. The average Bonchev–Trinajstić information content (AvgIpc) is 3.08. The van der Waals surface area contributed by atoms with Crippen LogP contribution in [0.1, 0.15) is 28.4 Å². The summed E-state index contributed by atoms with van der Waals surface area (Å²) in [5, 5.41) is 11.9. The normalized spacial score (nSPS) is 15.7. The van der Waals surface area contributed by atoms with Gasteiger partial charge in [0.1, 0.15) is 17.1 Å². The molecule has 1 atom stereocenters. The molecule has 0 radical (unpaired) electrons. The maximum atomic E-state index is 12.3. The number of halogens is 1. The lowest BCUT2D eigenvalue weighted by Gasteiger charge is -2.27. The van der Waals surface area contributed by atoms with Gasteiger partial charge in [-0.1, -0.05) is 41.9 Å². The lowest BCUT2D eigenvalue weighted by atomic mass is 10.00. The molecular formula is C20H20ClN5O. The number of hydrogen-bond donors (Lipinski definition) is 3. The molecule has 2 heterocycles. The van der Waals surface area contributed by atoms with E-state index in [1.54, 1.807) is 12.1 Å². The third kappa shape index (κ3) is 3.02. The Bertz CT molecular complexity index is 1010. The van der Waals surface area contributed by atoms with Crippen LogP contribution >= 0.6 is 11.6 Å². The number of carbonyl (C=O) groups is 1. The largest absolute Gasteiger partial charge is 0.388 e. The fraction of sp³-hybridized carbons (Fsp3) is 0.200. The molecule has 138 valence electrons. The fourth-order valence-corrected chi connectivity index (χ4v) is 3.84. The van der Waals surface area contributed by atoms with Crippen molar-refractivity contribution in [1.82, 2.24) is 9.78 Å². The molecular weight excluding hydrogens is 362 g/mol. The van der Waals surface area contributed by atoms with E-state index in [-0.39, 0.29) is 6.04 Å². The molecule has 1 unspecified atom stereocenters. The predicted octanol–water partition coefficient (Wildman–Crippen LogP) is 3.75. The topological polar surface area (TPSA) is 85.0 Å². The molecule has 4 N–H and O–H groups in total. The molecule has 0 saturated heterocycles. The second kappa shape index (κ2) is 6.96. The zero-order valence-electron chi connectivity index (χ0n) is 14.9. The van der Waals surface area contributed by atoms with Crippen molar-refractivity contribution in [3.8, 4) is 11.3 Å². The number of nitrogens with two attached hydrogens (primary N) is 1. The highest BCUT2D eigenvalue weighted by Gasteiger charge is 2.31. The number of para-hydroxylation sites is 1. The minimum atomic E-state index is -0.513. The van der Waals surface area contributed by atoms with Crippen LogP contribution in [0.4, 0.5) is 11.5 Å². The summed E-state index contributed by atoms with van der Waals surface area (Å²) in [7, 11) is 1.90. The highest BCUT2D eigenvalue weighted by atomic mass is 35.5. The number of rotatable bonds is 4. The fourth-order valence-electron chi connectivity index (χ4n) is 3.65. The van der Waals surface area contributed by atoms with Crippen LogP contribution < -0.4 is 16.4 Å². The van der Waals surface area contributed by atoms with E-state index in [0.717, 1.165) is 29.8 Å². The van der Waals surface area contributed by atoms with Gasteiger partial charge in [0.05, 0.1) is 6.04 Å². The quantitative estimate of drug-likeness (QED) is 0.642. The van der Waals surface area contributed by atoms with Gasteiger partial charge in [-0.3, -0.25) is 4.79 Å². The number of fused-ring (bicyclic) bond motifs is 1. The first-order valence-corrected chi connectivity index (χ1v) is 9.16. The van der Waals surface area contributed by atoms with Crippen molar-refractivity contribution < 1.29 is 4.79 Å². The average molecular weight is 382 g/mol. The van der Waals surface area contributed by atoms with Crippen LogP contribution in [0, 0.1) is 0 Å². The molecule has 27 heavy (non-hydrogen) atoms. The molecule has 0 aliphatic carbocycles. The monoisotopic (exact) mass is 381 g/mol. The molecule has 0 bridgehead atoms. The molecule has 4 rings (SSSR count). The van der Waals surface area contributed by atoms with E-state index in [1.807, 2.05) is 42.1 Å². The third-order valence-electron chi connectivity index (χ3n) is 4.85. The van der Waals surface area contributed by atoms with Crippen molar-refractivity contribution in [3.05, 3.63) is 64.7 Å². The minimum Gasteiger partial charge on any atom is -0.388 e. The molecule has 1 aliphatic rings. The van der Waals surface area contributed by atoms with Gasteiger partial charge >= 0.3 is 0 Å². The SMILES string of the molecule is CNc1ccccc1C1CCNc2c(C(N)=O)c(-c3cccc(Cl)c3)nn21. The van der Waals surface area contributed by atoms with Gasteiger partial charge in [-0.2, -0.15) is 5.10 Å². The lowest BCUT2D eigenvalue weighted by Crippen LogP contribution is -2.26. The Morgan fingerprint density at radius 2 is 2.11 bits per heavy atom. The number of carbonyl (C=O) groups excluding carboxylic acids is 1. The number of nitrogens with zero attached hydrogens (tertiary/aromatic N) is 2. The molecule has 7 heteroatoms. The number of hydrogen-bond acceptors (Lipinski definition) is 4. The zero-order valence-corrected chi connectivity index (χ0v) is 15.6. The van der Waals surface area contributed by atoms with E-state index >= 15 is 0 Å². The number of primary amides is 1. The van der Waals surface area contributed by atoms with Crippen LogP contribution in [0.5, 0.6) is 0 Å². The van der Waals surface area contributed by atoms with Crippen LogP contribution in [0.25, 0.3) is 11.3 Å². The number of amides is 1. The molecule has 1 amide bonds. The zero-order chi connectivity index (χ0) is 19.0. The molecule has 1 aliphatic heterocycles. The van der Waals surface area contributed by atoms with Crippen LogP contribution in [-0.2, 0) is 0 Å². The van der Waals surface area contributed by atoms with Crippen LogP contribution in [0.3, 0.4) is 0 Å². The highest BCUT2D eigenvalue weighted by Crippen LogP contribution is 2.38. The van der Waals surface area contributed by atoms with Crippen LogP contribution in [0.2, 0.25) is 5.02 Å². The molecule has 0 fully saturated rings. The first-order valence-electron chi connectivity index (χ1n) is 8.79. The molecule has 6 nitrogen and oxygen atoms in total. The number of aromatic nitrogens is 2. The summed E-state index contributed by atoms with van der Waals surface area (Å²) in [6.45, 7) is 0.726. The van der Waals surface area contributed by atoms with E-state index in [4.69, 9.17) is 22.4 Å². The summed E-state index contributed by atoms with van der Waals surface area (Å²) in [5.41, 5.74) is 9.58. The van der Waals surface area contributed by atoms with E-state index < -0.39 is 5.91 Å². The molecule has 2 aromatic carbocycles. The standard InChI is InChI=1S/C20H20ClN5O/c1-23-15-8-3-2-7-14(15)16-9-10-24-20-17(19(22)27)18(25-26(16)20)12-5-4-6-13(21)11-12/h2-8,11,16,23-24H,9-10H2,1H3,(H2,22,27). The first-order chi connectivity index (χ1) is 13.1. The van der Waals surface area contributed by atoms with Gasteiger partial charge in [0.15, 0.2) is 0 Å². The van der Waals surface area contributed by atoms with Gasteiger partial charge in [0.2, 0.25) is 0 Å². The molecule has 3 aromatic rings. The van der Waals surface area contributed by atoms with Crippen molar-refractivity contribution in [2.24, 2.45) is 5.73 Å². The van der Waals surface area contributed by atoms with Crippen molar-refractivity contribution in [3.63, 3.8) is 0 Å². The summed E-state index contributed by atoms with van der Waals surface area (Å²) < 4.78 is 1.87. The Hall–Kier alpha value is -2.99. The van der Waals surface area contributed by atoms with Crippen molar-refractivity contribution in [2.75, 3.05) is 24.2 Å². The summed E-state index contributed by atoms with van der Waals surface area (Å²) in [5.74, 6) is 0.140. The van der Waals surface area contributed by atoms with E-state index in [9.17, 15) is 4.79 Å². The summed E-state index contributed by atoms with van der Waals surface area (Å²) >= 11 is 6.14. The molecule has 1 aromatic heterocycles. The van der Waals surface area contributed by atoms with Gasteiger partial charge in [0.25, 0.3) is 5.91 Å². The second-order valence-corrected chi connectivity index (χ2v) is 6.90. The predicted molar refractivity (Wildman–Crippen MR) is 108 cm³/mol. The lowest BCUT2D eigenvalue weighted by molar-refractivity contribution is 0.100. The van der Waals surface area contributed by atoms with Crippen molar-refractivity contribution in [1.29, 1.82) is 0 Å². The third-order valence-corrected chi connectivity index (χ3v) is 5.08. The van der Waals surface area contributed by atoms with Crippen LogP contribution in [-0.4, -0.2) is 29.3 Å². The number of nitrogens with one attached hydrogen (secondary N) is 2. The van der Waals surface area contributed by atoms with Gasteiger partial charge in [-0.05, 0) is 30.2 Å². The van der Waals surface area contributed by atoms with E-state index in [2.05, 4.69) is 16.7 Å². The number of anilines is 2. The second-order valence-electron chi connectivity index (χ2n) is 6.46. The van der Waals surface area contributed by atoms with Crippen molar-refractivity contribution >= 4 is 29.0 Å². The summed E-state index contributed by atoms with van der Waals surface area (Å²) in [4.78, 5) is 12.3. The molecule has 0 saturated carbocycles. The highest BCUT2D eigenvalue weighted by molar-refractivity contribution is 6.30. The Kier molecular flexibility index (Phi) is 4.49. The van der Waals surface area contributed by atoms with Gasteiger partial charge < -0.3 is 16.4 Å². The van der Waals surface area contributed by atoms with Gasteiger partial charge in [-0.25, -0.2) is 4.68 Å². The van der Waals surface area contributed by atoms with Gasteiger partial charge in [-0.15, -0.1) is 0 Å². The summed E-state index contributed by atoms with van der Waals surface area (Å²) in [6, 6.07) is 15.4. The number of benzene rings is 2. The van der Waals surface area contributed by atoms with E-state index in [0.29, 0.717) is 22.1 Å². The maximum absolute atomic E-state index is 12.3. The van der Waals surface area contributed by atoms with Crippen molar-refractivity contribution in [2.45, 2.75) is 12.5 Å². The van der Waals surface area contributed by atoms with Gasteiger partial charge in [0, 0.05) is 29.9 Å². The first kappa shape index (κ1) is 17.4. The smallest absolute Gasteiger partial charge is 0.254 e. The Labute approximate surface area is 162 Å². The maximum Gasteiger partial charge on any atom is 0.254 e. The molecule has 0 spiro atoms. The summed E-state index contributed by atoms with van der Waals surface area (Å²) in [6.07, 6.45) is 0.848. The Morgan fingerprint density at radius 3 is 2.85 bits per heavy atom. The van der Waals surface area contributed by atoms with E-state index in [1.165, 1.54) is 0 Å². The Morgan fingerprint density at radius 1 is 1.30 bits per heavy atom.